The molecule has 4 aromatic rings. The molecule has 0 amide bonds. The van der Waals surface area contributed by atoms with Gasteiger partial charge in [0, 0.05) is 11.8 Å². The molecule has 0 nitrogen and oxygen atoms in total. The summed E-state index contributed by atoms with van der Waals surface area (Å²) in [6.07, 6.45) is 15.2. The van der Waals surface area contributed by atoms with E-state index in [-0.39, 0.29) is 24.8 Å². The number of hydrogen-bond acceptors (Lipinski definition) is 0. The Kier molecular flexibility index (Phi) is 11.5. The zero-order valence-corrected chi connectivity index (χ0v) is 37.7. The van der Waals surface area contributed by atoms with Gasteiger partial charge in [0.15, 0.2) is 0 Å². The molecule has 49 heavy (non-hydrogen) atoms. The van der Waals surface area contributed by atoms with E-state index in [2.05, 4.69) is 146 Å². The third-order valence-corrected chi connectivity index (χ3v) is 27.1. The minimum absolute atomic E-state index is 0. The first-order chi connectivity index (χ1) is 21.9. The summed E-state index contributed by atoms with van der Waals surface area (Å²) < 4.78 is 19.0. The van der Waals surface area contributed by atoms with Crippen LogP contribution >= 0.6 is 17.0 Å². The van der Waals surface area contributed by atoms with Crippen molar-refractivity contribution >= 4 is 17.0 Å². The quantitative estimate of drug-likeness (QED) is 0.193. The maximum atomic E-state index is 6.51. The van der Waals surface area contributed by atoms with Crippen LogP contribution in [-0.2, 0) is 33.7 Å². The van der Waals surface area contributed by atoms with Crippen molar-refractivity contribution < 1.29 is 58.5 Å². The first-order valence-electron chi connectivity index (χ1n) is 17.1. The molecule has 0 fully saturated rings. The number of rotatable bonds is 3. The van der Waals surface area contributed by atoms with Gasteiger partial charge in [-0.05, 0) is 44.5 Å². The van der Waals surface area contributed by atoms with Crippen molar-refractivity contribution in [1.82, 2.24) is 0 Å². The second-order valence-electron chi connectivity index (χ2n) is 17.6. The summed E-state index contributed by atoms with van der Waals surface area (Å²) in [4.78, 5) is 0. The van der Waals surface area contributed by atoms with E-state index in [4.69, 9.17) is 17.0 Å². The number of benzene rings is 4. The average molecular weight is 890 g/mol. The number of fused-ring (bicyclic) bond motifs is 6. The summed E-state index contributed by atoms with van der Waals surface area (Å²) in [5, 5.41) is 0. The van der Waals surface area contributed by atoms with Crippen LogP contribution in [0.2, 0.25) is 32.4 Å². The van der Waals surface area contributed by atoms with Crippen molar-refractivity contribution in [3.8, 4) is 22.3 Å². The minimum atomic E-state index is -3.83. The molecule has 0 saturated carbocycles. The van der Waals surface area contributed by atoms with Crippen molar-refractivity contribution in [2.45, 2.75) is 57.1 Å². The zero-order chi connectivity index (χ0) is 33.8. The van der Waals surface area contributed by atoms with Gasteiger partial charge in [0.05, 0.1) is 0 Å². The predicted molar refractivity (Wildman–Crippen MR) is 204 cm³/mol. The zero-order valence-electron chi connectivity index (χ0n) is 29.8. The van der Waals surface area contributed by atoms with E-state index in [1.807, 2.05) is 20.0 Å². The third kappa shape index (κ3) is 8.87. The van der Waals surface area contributed by atoms with Crippen LogP contribution in [0, 0.1) is 0 Å². The van der Waals surface area contributed by atoms with Gasteiger partial charge in [-0.3, -0.25) is 0 Å². The Morgan fingerprint density at radius 3 is 1.06 bits per heavy atom. The van der Waals surface area contributed by atoms with Gasteiger partial charge in [0.1, 0.15) is 0 Å². The Morgan fingerprint density at radius 2 is 0.837 bits per heavy atom. The SMILES string of the molecule is [CH3][Zr+2]([CH3])([CH3])([CH3])[C]1=CC=CC1.[CH3][Zr]([CH3])([CH3])([Cl])([Cl])[C]1=CC=CC1.[Cl-].[Cl-].c1ccc2c(c1)-c1ccccc1C2C1c2ccccc2-c2ccccc21. The molecule has 4 aliphatic rings. The summed E-state index contributed by atoms with van der Waals surface area (Å²) in [6.45, 7) is 0. The van der Waals surface area contributed by atoms with E-state index < -0.39 is 33.7 Å². The van der Waals surface area contributed by atoms with Gasteiger partial charge in [-0.2, -0.15) is 0 Å². The first kappa shape index (κ1) is 40.5. The predicted octanol–water partition coefficient (Wildman–Crippen LogP) is 8.84. The summed E-state index contributed by atoms with van der Waals surface area (Å²) in [6, 6.07) is 35.8. The minimum Gasteiger partial charge on any atom is -1.00 e. The number of hydrogen-bond donors (Lipinski definition) is 0. The van der Waals surface area contributed by atoms with E-state index >= 15 is 0 Å². The van der Waals surface area contributed by atoms with Crippen LogP contribution in [0.3, 0.4) is 0 Å². The van der Waals surface area contributed by atoms with Crippen LogP contribution in [0.5, 0.6) is 0 Å². The van der Waals surface area contributed by atoms with E-state index in [0.717, 1.165) is 6.42 Å². The summed E-state index contributed by atoms with van der Waals surface area (Å²) in [5.74, 6) is 0.763. The fourth-order valence-corrected chi connectivity index (χ4v) is 17.2. The van der Waals surface area contributed by atoms with Crippen LogP contribution in [-0.4, -0.2) is 0 Å². The molecule has 0 heterocycles. The van der Waals surface area contributed by atoms with E-state index in [9.17, 15) is 0 Å². The first-order valence-corrected chi connectivity index (χ1v) is 43.1. The molecule has 0 spiro atoms. The van der Waals surface area contributed by atoms with Crippen LogP contribution < -0.4 is 24.8 Å². The number of allylic oxidation sites excluding steroid dienone is 8. The van der Waals surface area contributed by atoms with Crippen molar-refractivity contribution in [3.05, 3.63) is 162 Å². The topological polar surface area (TPSA) is 0 Å². The molecule has 0 aliphatic heterocycles. The smallest absolute Gasteiger partial charge is 0.0211 e. The average Bonchev–Trinajstić information content (AvgIpc) is 3.82. The summed E-state index contributed by atoms with van der Waals surface area (Å²) >= 11 is -6.04. The Balaban J connectivity index is 0.000000197. The molecule has 0 radical (unpaired) electrons. The van der Waals surface area contributed by atoms with Gasteiger partial charge in [-0.1, -0.05) is 97.1 Å². The second kappa shape index (κ2) is 14.0. The van der Waals surface area contributed by atoms with Crippen molar-refractivity contribution in [1.29, 1.82) is 0 Å². The fourth-order valence-electron chi connectivity index (χ4n) is 7.44. The second-order valence-corrected chi connectivity index (χ2v) is 77.4. The standard InChI is InChI=1S/C26H18.2C5H5.7CH3.4ClH.2Zr/c1-5-13-21-17(9-1)18-10-2-6-14-22(18)25(21)26-23-15-7-3-11-19(23)20-12-4-8-16-24(20)26;2*1-2-4-5-3-1;;;;;;;;;;;;;/h1-16,25-26H;2*1-3H,4H2;7*1H3;4*1H;;/q;;;;;;;;;;;;;;2*+2/p-4. The summed E-state index contributed by atoms with van der Waals surface area (Å²) in [7, 11) is 13.0. The maximum absolute atomic E-state index is 6.51. The van der Waals surface area contributed by atoms with Crippen molar-refractivity contribution in [3.63, 3.8) is 0 Å². The molecule has 0 saturated heterocycles. The molecule has 0 unspecified atom stereocenters. The third-order valence-electron chi connectivity index (χ3n) is 10.1. The normalized spacial score (nSPS) is 17.2. The Morgan fingerprint density at radius 1 is 0.510 bits per heavy atom. The maximum Gasteiger partial charge on any atom is 0.0211 e. The number of halogens is 4. The van der Waals surface area contributed by atoms with Gasteiger partial charge in [0.25, 0.3) is 0 Å². The summed E-state index contributed by atoms with van der Waals surface area (Å²) in [5.41, 5.74) is 11.4. The van der Waals surface area contributed by atoms with Gasteiger partial charge in [-0.15, -0.1) is 0 Å². The molecule has 0 N–H and O–H groups in total. The van der Waals surface area contributed by atoms with Crippen molar-refractivity contribution in [2.24, 2.45) is 0 Å². The molecule has 0 atom stereocenters. The molecule has 4 aliphatic carbocycles. The van der Waals surface area contributed by atoms with Crippen molar-refractivity contribution in [2.75, 3.05) is 0 Å². The van der Waals surface area contributed by atoms with Gasteiger partial charge in [-0.25, -0.2) is 0 Å². The largest absolute Gasteiger partial charge is 1.00 e. The Labute approximate surface area is 313 Å². The van der Waals surface area contributed by atoms with Gasteiger partial charge >= 0.3 is 139 Å². The Hall–Kier alpha value is -1.23. The molecule has 0 aromatic heterocycles. The van der Waals surface area contributed by atoms with E-state index in [1.165, 1.54) is 54.2 Å². The van der Waals surface area contributed by atoms with Gasteiger partial charge in [0.2, 0.25) is 0 Å². The molecule has 257 valence electrons. The molecular formula is C43H49Cl4Zr2. The Bertz CT molecular complexity index is 1790. The van der Waals surface area contributed by atoms with E-state index in [1.54, 1.807) is 3.28 Å². The fraction of sp³-hybridized carbons (Fsp3) is 0.256. The van der Waals surface area contributed by atoms with Crippen LogP contribution in [0.4, 0.5) is 0 Å². The molecule has 6 heteroatoms. The van der Waals surface area contributed by atoms with Crippen LogP contribution in [0.1, 0.15) is 46.9 Å². The van der Waals surface area contributed by atoms with Gasteiger partial charge < -0.3 is 24.8 Å². The molecular weight excluding hydrogens is 841 g/mol. The molecule has 0 bridgehead atoms. The van der Waals surface area contributed by atoms with Crippen LogP contribution in [0.15, 0.2) is 140 Å². The molecule has 8 rings (SSSR count). The molecule has 4 aromatic carbocycles. The van der Waals surface area contributed by atoms with Crippen LogP contribution in [0.25, 0.3) is 22.3 Å². The van der Waals surface area contributed by atoms with E-state index in [0.29, 0.717) is 11.8 Å². The monoisotopic (exact) mass is 885 g/mol.